The highest BCUT2D eigenvalue weighted by Crippen LogP contribution is 2.15. The maximum absolute atomic E-state index is 12.1. The number of nitrogens with zero attached hydrogens (tertiary/aromatic N) is 1. The zero-order chi connectivity index (χ0) is 12.9. The summed E-state index contributed by atoms with van der Waals surface area (Å²) in [4.78, 5) is 0.355. The first-order valence-corrected chi connectivity index (χ1v) is 7.16. The van der Waals surface area contributed by atoms with Crippen molar-refractivity contribution in [3.05, 3.63) is 29.8 Å². The molecule has 0 heterocycles. The number of hydrogen-bond acceptors (Lipinski definition) is 3. The predicted octanol–water partition coefficient (Wildman–Crippen LogP) is 1.44. The molecule has 4 nitrogen and oxygen atoms in total. The number of hydrogen-bond donors (Lipinski definition) is 1. The van der Waals surface area contributed by atoms with E-state index in [4.69, 9.17) is 0 Å². The lowest BCUT2D eigenvalue weighted by molar-refractivity contribution is 0.468. The van der Waals surface area contributed by atoms with E-state index >= 15 is 0 Å². The lowest BCUT2D eigenvalue weighted by Gasteiger charge is -2.16. The average Bonchev–Trinajstić information content (AvgIpc) is 2.30. The normalized spacial score (nSPS) is 12.0. The molecule has 1 rings (SSSR count). The summed E-state index contributed by atoms with van der Waals surface area (Å²) in [6.07, 6.45) is 0.813. The molecule has 0 atom stereocenters. The quantitative estimate of drug-likeness (QED) is 0.838. The van der Waals surface area contributed by atoms with Gasteiger partial charge in [0.25, 0.3) is 0 Å². The fourth-order valence-electron chi connectivity index (χ4n) is 1.60. The van der Waals surface area contributed by atoms with E-state index in [1.54, 1.807) is 19.2 Å². The summed E-state index contributed by atoms with van der Waals surface area (Å²) >= 11 is 0. The van der Waals surface area contributed by atoms with Crippen LogP contribution in [0.2, 0.25) is 0 Å². The van der Waals surface area contributed by atoms with Crippen LogP contribution in [0.25, 0.3) is 0 Å². The zero-order valence-corrected chi connectivity index (χ0v) is 11.4. The minimum atomic E-state index is -3.32. The van der Waals surface area contributed by atoms with Crippen LogP contribution in [-0.4, -0.2) is 33.4 Å². The fraction of sp³-hybridized carbons (Fsp3) is 0.500. The maximum atomic E-state index is 12.1. The molecule has 96 valence electrons. The zero-order valence-electron chi connectivity index (χ0n) is 10.6. The molecular formula is C12H20N2O2S. The second kappa shape index (κ2) is 6.14. The van der Waals surface area contributed by atoms with Crippen molar-refractivity contribution in [2.45, 2.75) is 24.8 Å². The van der Waals surface area contributed by atoms with Crippen molar-refractivity contribution < 1.29 is 8.42 Å². The van der Waals surface area contributed by atoms with Crippen LogP contribution < -0.4 is 5.32 Å². The van der Waals surface area contributed by atoms with Gasteiger partial charge in [-0.25, -0.2) is 12.7 Å². The topological polar surface area (TPSA) is 49.4 Å². The Morgan fingerprint density at radius 3 is 2.29 bits per heavy atom. The van der Waals surface area contributed by atoms with Gasteiger partial charge in [-0.2, -0.15) is 0 Å². The molecule has 5 heteroatoms. The second-order valence-electron chi connectivity index (χ2n) is 4.00. The van der Waals surface area contributed by atoms with Crippen molar-refractivity contribution in [2.75, 3.05) is 20.6 Å². The van der Waals surface area contributed by atoms with E-state index in [-0.39, 0.29) is 0 Å². The fourth-order valence-corrected chi connectivity index (χ4v) is 2.86. The van der Waals surface area contributed by atoms with Gasteiger partial charge in [-0.3, -0.25) is 0 Å². The molecule has 0 spiro atoms. The van der Waals surface area contributed by atoms with Gasteiger partial charge in [0.2, 0.25) is 10.0 Å². The van der Waals surface area contributed by atoms with Crippen molar-refractivity contribution in [1.29, 1.82) is 0 Å². The van der Waals surface area contributed by atoms with Gasteiger partial charge in [-0.15, -0.1) is 0 Å². The highest BCUT2D eigenvalue weighted by Gasteiger charge is 2.19. The van der Waals surface area contributed by atoms with Gasteiger partial charge in [0, 0.05) is 20.1 Å². The van der Waals surface area contributed by atoms with Gasteiger partial charge in [0.1, 0.15) is 0 Å². The molecule has 0 radical (unpaired) electrons. The first-order chi connectivity index (χ1) is 8.02. The van der Waals surface area contributed by atoms with Gasteiger partial charge < -0.3 is 5.32 Å². The Labute approximate surface area is 104 Å². The highest BCUT2D eigenvalue weighted by atomic mass is 32.2. The maximum Gasteiger partial charge on any atom is 0.242 e. The lowest BCUT2D eigenvalue weighted by atomic mass is 10.2. The van der Waals surface area contributed by atoms with Gasteiger partial charge in [-0.1, -0.05) is 19.1 Å². The Balaban J connectivity index is 2.92. The van der Waals surface area contributed by atoms with Gasteiger partial charge >= 0.3 is 0 Å². The third-order valence-electron chi connectivity index (χ3n) is 2.55. The van der Waals surface area contributed by atoms with E-state index in [1.165, 1.54) is 4.31 Å². The Morgan fingerprint density at radius 2 is 1.82 bits per heavy atom. The van der Waals surface area contributed by atoms with E-state index in [9.17, 15) is 8.42 Å². The van der Waals surface area contributed by atoms with Gasteiger partial charge in [0.15, 0.2) is 0 Å². The molecule has 0 aliphatic rings. The van der Waals surface area contributed by atoms with E-state index < -0.39 is 10.0 Å². The van der Waals surface area contributed by atoms with Crippen LogP contribution in [0, 0.1) is 0 Å². The van der Waals surface area contributed by atoms with Crippen LogP contribution in [0.3, 0.4) is 0 Å². The van der Waals surface area contributed by atoms with E-state index in [2.05, 4.69) is 5.32 Å². The molecule has 17 heavy (non-hydrogen) atoms. The smallest absolute Gasteiger partial charge is 0.242 e. The van der Waals surface area contributed by atoms with E-state index in [1.807, 2.05) is 26.1 Å². The van der Waals surface area contributed by atoms with Crippen LogP contribution in [0.1, 0.15) is 18.9 Å². The van der Waals surface area contributed by atoms with Crippen LogP contribution >= 0.6 is 0 Å². The average molecular weight is 256 g/mol. The summed E-state index contributed by atoms with van der Waals surface area (Å²) in [5.74, 6) is 0. The van der Waals surface area contributed by atoms with Gasteiger partial charge in [-0.05, 0) is 31.2 Å². The van der Waals surface area contributed by atoms with Crippen molar-refractivity contribution in [3.63, 3.8) is 0 Å². The summed E-state index contributed by atoms with van der Waals surface area (Å²) in [7, 11) is 0.152. The van der Waals surface area contributed by atoms with Crippen molar-refractivity contribution in [1.82, 2.24) is 9.62 Å². The van der Waals surface area contributed by atoms with Crippen LogP contribution in [-0.2, 0) is 16.6 Å². The minimum absolute atomic E-state index is 0.355. The molecular weight excluding hydrogens is 236 g/mol. The molecule has 1 aromatic carbocycles. The molecule has 1 N–H and O–H groups in total. The molecule has 0 unspecified atom stereocenters. The Morgan fingerprint density at radius 1 is 1.24 bits per heavy atom. The molecule has 0 saturated heterocycles. The minimum Gasteiger partial charge on any atom is -0.316 e. The monoisotopic (exact) mass is 256 g/mol. The van der Waals surface area contributed by atoms with Crippen molar-refractivity contribution in [3.8, 4) is 0 Å². The Bertz CT molecular complexity index is 440. The molecule has 0 aromatic heterocycles. The molecule has 0 amide bonds. The molecule has 0 aliphatic heterocycles. The SMILES string of the molecule is CCCN(C)S(=O)(=O)c1ccc(CNC)cc1. The molecule has 0 fully saturated rings. The third kappa shape index (κ3) is 3.52. The van der Waals surface area contributed by atoms with Crippen molar-refractivity contribution in [2.24, 2.45) is 0 Å². The summed E-state index contributed by atoms with van der Waals surface area (Å²) in [6, 6.07) is 6.99. The highest BCUT2D eigenvalue weighted by molar-refractivity contribution is 7.89. The molecule has 0 saturated carbocycles. The summed E-state index contributed by atoms with van der Waals surface area (Å²) < 4.78 is 25.6. The van der Waals surface area contributed by atoms with Gasteiger partial charge in [0.05, 0.1) is 4.90 Å². The third-order valence-corrected chi connectivity index (χ3v) is 4.42. The summed E-state index contributed by atoms with van der Waals surface area (Å²) in [5, 5.41) is 3.03. The number of benzene rings is 1. The van der Waals surface area contributed by atoms with Crippen LogP contribution in [0.4, 0.5) is 0 Å². The summed E-state index contributed by atoms with van der Waals surface area (Å²) in [5.41, 5.74) is 1.07. The number of rotatable bonds is 6. The van der Waals surface area contributed by atoms with E-state index in [0.29, 0.717) is 11.4 Å². The first kappa shape index (κ1) is 14.2. The molecule has 0 bridgehead atoms. The van der Waals surface area contributed by atoms with Crippen LogP contribution in [0.5, 0.6) is 0 Å². The molecule has 0 aliphatic carbocycles. The second-order valence-corrected chi connectivity index (χ2v) is 6.05. The van der Waals surface area contributed by atoms with Crippen molar-refractivity contribution >= 4 is 10.0 Å². The number of sulfonamides is 1. The summed E-state index contributed by atoms with van der Waals surface area (Å²) in [6.45, 7) is 3.24. The largest absolute Gasteiger partial charge is 0.316 e. The predicted molar refractivity (Wildman–Crippen MR) is 69.3 cm³/mol. The standard InChI is InChI=1S/C12H20N2O2S/c1-4-9-14(3)17(15,16)12-7-5-11(6-8-12)10-13-2/h5-8,13H,4,9-10H2,1-3H3. The van der Waals surface area contributed by atoms with E-state index in [0.717, 1.165) is 18.5 Å². The molecule has 1 aromatic rings. The Kier molecular flexibility index (Phi) is 5.11. The lowest BCUT2D eigenvalue weighted by Crippen LogP contribution is -2.27. The number of nitrogens with one attached hydrogen (secondary N) is 1. The first-order valence-electron chi connectivity index (χ1n) is 5.72. The Hall–Kier alpha value is -0.910. The van der Waals surface area contributed by atoms with Crippen LogP contribution in [0.15, 0.2) is 29.2 Å².